The van der Waals surface area contributed by atoms with Crippen molar-refractivity contribution in [3.8, 4) is 6.07 Å². The number of quaternary nitrogens is 1. The van der Waals surface area contributed by atoms with E-state index in [2.05, 4.69) is 10.9 Å². The van der Waals surface area contributed by atoms with Crippen LogP contribution in [0.1, 0.15) is 34.1 Å². The molecule has 0 saturated carbocycles. The fourth-order valence-corrected chi connectivity index (χ4v) is 2.37. The molecule has 0 spiro atoms. The van der Waals surface area contributed by atoms with Gasteiger partial charge in [0.2, 0.25) is 0 Å². The molecule has 0 aliphatic carbocycles. The van der Waals surface area contributed by atoms with Gasteiger partial charge >= 0.3 is 8.53 Å². The molecule has 94 valence electrons. The van der Waals surface area contributed by atoms with E-state index in [-0.39, 0.29) is 23.0 Å². The molecule has 6 nitrogen and oxygen atoms in total. The van der Waals surface area contributed by atoms with Crippen molar-refractivity contribution >= 4 is 8.53 Å². The number of hydrogen-bond acceptors (Lipinski definition) is 5. The van der Waals surface area contributed by atoms with E-state index in [1.54, 1.807) is 0 Å². The van der Waals surface area contributed by atoms with E-state index in [1.807, 2.05) is 33.8 Å². The van der Waals surface area contributed by atoms with Crippen LogP contribution in [0.3, 0.4) is 0 Å². The van der Waals surface area contributed by atoms with E-state index in [4.69, 9.17) is 5.26 Å². The van der Waals surface area contributed by atoms with Gasteiger partial charge in [0.05, 0.1) is 24.6 Å². The molecular formula is C9H22N4O2P+. The fraction of sp³-hybridized carbons (Fsp3) is 0.889. The lowest BCUT2D eigenvalue weighted by Gasteiger charge is -2.38. The molecule has 0 aromatic heterocycles. The first-order chi connectivity index (χ1) is 7.34. The molecule has 0 unspecified atom stereocenters. The van der Waals surface area contributed by atoms with Crippen LogP contribution >= 0.6 is 8.53 Å². The Morgan fingerprint density at radius 2 is 1.62 bits per heavy atom. The van der Waals surface area contributed by atoms with Crippen molar-refractivity contribution in [1.82, 2.24) is 10.9 Å². The summed E-state index contributed by atoms with van der Waals surface area (Å²) in [5.41, 5.74) is 6.13. The van der Waals surface area contributed by atoms with Gasteiger partial charge in [-0.15, -0.1) is 15.3 Å². The third kappa shape index (κ3) is 5.17. The number of hydrogen-bond donors (Lipinski definition) is 4. The fourth-order valence-electron chi connectivity index (χ4n) is 1.43. The molecule has 0 bridgehead atoms. The number of nitrogens with one attached hydrogen (secondary N) is 2. The molecule has 4 N–H and O–H groups in total. The highest BCUT2D eigenvalue weighted by atomic mass is 31.2. The second kappa shape index (κ2) is 7.13. The molecule has 0 aromatic carbocycles. The Labute approximate surface area is 98.4 Å². The van der Waals surface area contributed by atoms with E-state index >= 15 is 0 Å². The molecule has 0 radical (unpaired) electrons. The average Bonchev–Trinajstić information content (AvgIpc) is 2.11. The van der Waals surface area contributed by atoms with Crippen molar-refractivity contribution < 1.29 is 14.3 Å². The van der Waals surface area contributed by atoms with Crippen LogP contribution in [0.4, 0.5) is 0 Å². The van der Waals surface area contributed by atoms with Gasteiger partial charge in [0.25, 0.3) is 0 Å². The van der Waals surface area contributed by atoms with Gasteiger partial charge in [-0.25, -0.2) is 0 Å². The summed E-state index contributed by atoms with van der Waals surface area (Å²) in [6.07, 6.45) is 0.249. The SMILES string of the molecule is CC(C)N[N+](CCC#N)(NC(C)C)P(O)O. The standard InChI is InChI=1S/C9H22N4O2P/c1-8(2)11-13(16(14)15,7-5-6-10)12-9(3)4/h8-9,11-12,14-15H,5,7H2,1-4H3/q+1. The van der Waals surface area contributed by atoms with Crippen molar-refractivity contribution in [3.63, 3.8) is 0 Å². The van der Waals surface area contributed by atoms with E-state index in [1.165, 1.54) is 0 Å². The monoisotopic (exact) mass is 249 g/mol. The number of nitriles is 1. The molecule has 0 aliphatic heterocycles. The van der Waals surface area contributed by atoms with Gasteiger partial charge in [0, 0.05) is 0 Å². The quantitative estimate of drug-likeness (QED) is 0.395. The molecule has 16 heavy (non-hydrogen) atoms. The zero-order chi connectivity index (χ0) is 12.8. The van der Waals surface area contributed by atoms with Gasteiger partial charge in [0.1, 0.15) is 6.54 Å². The predicted molar refractivity (Wildman–Crippen MR) is 63.3 cm³/mol. The Hall–Kier alpha value is -0.280. The zero-order valence-electron chi connectivity index (χ0n) is 10.3. The summed E-state index contributed by atoms with van der Waals surface area (Å²) >= 11 is 0. The van der Waals surface area contributed by atoms with Crippen molar-refractivity contribution in [2.75, 3.05) is 6.54 Å². The molecule has 0 aliphatic rings. The third-order valence-electron chi connectivity index (χ3n) is 1.80. The van der Waals surface area contributed by atoms with Gasteiger partial charge in [-0.1, -0.05) is 0 Å². The zero-order valence-corrected chi connectivity index (χ0v) is 11.2. The van der Waals surface area contributed by atoms with E-state index < -0.39 is 8.53 Å². The molecule has 0 amide bonds. The van der Waals surface area contributed by atoms with Crippen LogP contribution in [0.15, 0.2) is 0 Å². The number of rotatable bonds is 7. The van der Waals surface area contributed by atoms with Gasteiger partial charge in [-0.05, 0) is 27.7 Å². The summed E-state index contributed by atoms with van der Waals surface area (Å²) in [4.78, 5) is 19.1. The van der Waals surface area contributed by atoms with Crippen LogP contribution < -0.4 is 10.9 Å². The molecule has 0 atom stereocenters. The first-order valence-corrected chi connectivity index (χ1v) is 6.53. The van der Waals surface area contributed by atoms with Crippen LogP contribution in [0.5, 0.6) is 0 Å². The van der Waals surface area contributed by atoms with Gasteiger partial charge < -0.3 is 9.79 Å². The normalized spacial score (nSPS) is 12.5. The average molecular weight is 249 g/mol. The molecule has 0 aromatic rings. The first kappa shape index (κ1) is 15.7. The minimum absolute atomic E-state index is 0.0780. The maximum Gasteiger partial charge on any atom is 0.455 e. The second-order valence-corrected chi connectivity index (χ2v) is 5.46. The molecule has 0 saturated heterocycles. The maximum absolute atomic E-state index is 9.55. The van der Waals surface area contributed by atoms with E-state index in [0.717, 1.165) is 0 Å². The Morgan fingerprint density at radius 1 is 1.19 bits per heavy atom. The Morgan fingerprint density at radius 3 is 1.88 bits per heavy atom. The van der Waals surface area contributed by atoms with Crippen molar-refractivity contribution in [2.24, 2.45) is 0 Å². The van der Waals surface area contributed by atoms with Crippen molar-refractivity contribution in [1.29, 1.82) is 5.26 Å². The molecule has 7 heteroatoms. The Bertz CT molecular complexity index is 230. The first-order valence-electron chi connectivity index (χ1n) is 5.33. The predicted octanol–water partition coefficient (Wildman–Crippen LogP) is 0.754. The number of nitrogens with zero attached hydrogens (tertiary/aromatic N) is 2. The lowest BCUT2D eigenvalue weighted by Crippen LogP contribution is -2.66. The van der Waals surface area contributed by atoms with Gasteiger partial charge in [-0.3, -0.25) is 0 Å². The van der Waals surface area contributed by atoms with Crippen LogP contribution in [0.2, 0.25) is 0 Å². The Balaban J connectivity index is 4.82. The molecule has 0 rings (SSSR count). The summed E-state index contributed by atoms with van der Waals surface area (Å²) in [5, 5.41) is 8.61. The van der Waals surface area contributed by atoms with Crippen LogP contribution in [-0.2, 0) is 0 Å². The van der Waals surface area contributed by atoms with Crippen molar-refractivity contribution in [2.45, 2.75) is 46.2 Å². The van der Waals surface area contributed by atoms with Crippen LogP contribution in [-0.4, -0.2) is 32.9 Å². The minimum atomic E-state index is -2.26. The van der Waals surface area contributed by atoms with Crippen molar-refractivity contribution in [3.05, 3.63) is 0 Å². The summed E-state index contributed by atoms with van der Waals surface area (Å²) in [6.45, 7) is 7.98. The smallest absolute Gasteiger partial charge is 0.300 e. The summed E-state index contributed by atoms with van der Waals surface area (Å²) in [6, 6.07) is 2.17. The largest absolute Gasteiger partial charge is 0.455 e. The highest BCUT2D eigenvalue weighted by Crippen LogP contribution is 2.36. The van der Waals surface area contributed by atoms with E-state index in [0.29, 0.717) is 6.54 Å². The lowest BCUT2D eigenvalue weighted by molar-refractivity contribution is -0.912. The molecule has 0 heterocycles. The second-order valence-electron chi connectivity index (χ2n) is 4.24. The van der Waals surface area contributed by atoms with E-state index in [9.17, 15) is 9.79 Å². The maximum atomic E-state index is 9.55. The van der Waals surface area contributed by atoms with Gasteiger partial charge in [-0.2, -0.15) is 5.26 Å². The van der Waals surface area contributed by atoms with Crippen LogP contribution in [0, 0.1) is 11.3 Å². The topological polar surface area (TPSA) is 88.3 Å². The minimum Gasteiger partial charge on any atom is -0.300 e. The summed E-state index contributed by atoms with van der Waals surface area (Å²) in [7, 11) is -2.26. The lowest BCUT2D eigenvalue weighted by atomic mass is 10.4. The third-order valence-corrected chi connectivity index (χ3v) is 2.84. The van der Waals surface area contributed by atoms with Crippen LogP contribution in [0.25, 0.3) is 0 Å². The highest BCUT2D eigenvalue weighted by molar-refractivity contribution is 7.38. The summed E-state index contributed by atoms with van der Waals surface area (Å²) < 4.78 is -0.224. The molecule has 0 fully saturated rings. The Kier molecular flexibility index (Phi) is 7.00. The van der Waals surface area contributed by atoms with Gasteiger partial charge in [0.15, 0.2) is 0 Å². The summed E-state index contributed by atoms with van der Waals surface area (Å²) in [5.74, 6) is 0. The molecular weight excluding hydrogens is 227 g/mol. The highest BCUT2D eigenvalue weighted by Gasteiger charge is 2.39.